The minimum atomic E-state index is -4.46. The molecule has 9 nitrogen and oxygen atoms in total. The van der Waals surface area contributed by atoms with Gasteiger partial charge >= 0.3 is 13.8 Å². The second kappa shape index (κ2) is 47.8. The number of unbranched alkanes of at least 4 members (excludes halogenated alkanes) is 25. The van der Waals surface area contributed by atoms with Crippen LogP contribution in [0.25, 0.3) is 0 Å². The van der Waals surface area contributed by atoms with Crippen LogP contribution in [-0.2, 0) is 27.9 Å². The molecule has 0 heterocycles. The third-order valence-electron chi connectivity index (χ3n) is 11.8. The van der Waals surface area contributed by atoms with Gasteiger partial charge in [0.1, 0.15) is 19.3 Å². The Morgan fingerprint density at radius 1 is 0.529 bits per heavy atom. The summed E-state index contributed by atoms with van der Waals surface area (Å²) in [6, 6.07) is -0.872. The van der Waals surface area contributed by atoms with Gasteiger partial charge in [-0.15, -0.1) is 0 Å². The Morgan fingerprint density at radius 2 is 0.941 bits per heavy atom. The zero-order chi connectivity index (χ0) is 50.1. The maximum Gasteiger partial charge on any atom is 0.472 e. The number of phosphoric ester groups is 1. The van der Waals surface area contributed by atoms with Gasteiger partial charge in [-0.05, 0) is 51.0 Å². The quantitative estimate of drug-likeness (QED) is 0.0156. The number of rotatable bonds is 48. The van der Waals surface area contributed by atoms with E-state index in [0.717, 1.165) is 64.2 Å². The summed E-state index contributed by atoms with van der Waals surface area (Å²) in [5, 5.41) is 3.02. The van der Waals surface area contributed by atoms with Gasteiger partial charge in [-0.1, -0.05) is 241 Å². The summed E-state index contributed by atoms with van der Waals surface area (Å²) in [7, 11) is 1.45. The Kier molecular flexibility index (Phi) is 45.9. The van der Waals surface area contributed by atoms with Crippen molar-refractivity contribution in [3.05, 3.63) is 85.1 Å². The van der Waals surface area contributed by atoms with E-state index in [0.29, 0.717) is 17.4 Å². The summed E-state index contributed by atoms with van der Waals surface area (Å²) in [5.74, 6) is -0.559. The number of hydrogen-bond donors (Lipinski definition) is 2. The molecule has 3 unspecified atom stereocenters. The van der Waals surface area contributed by atoms with Gasteiger partial charge < -0.3 is 19.4 Å². The van der Waals surface area contributed by atoms with E-state index in [2.05, 4.69) is 38.2 Å². The molecule has 0 aliphatic carbocycles. The normalized spacial score (nSPS) is 14.5. The Balaban J connectivity index is 5.49. The number of nitrogens with zero attached hydrogens (tertiary/aromatic N) is 1. The first kappa shape index (κ1) is 65.2. The third kappa shape index (κ3) is 48.2. The molecule has 0 spiro atoms. The molecular weight excluding hydrogens is 868 g/mol. The number of nitrogens with one attached hydrogen (secondary N) is 1. The highest BCUT2D eigenvalue weighted by atomic mass is 31.2. The largest absolute Gasteiger partial charge is 0.472 e. The van der Waals surface area contributed by atoms with E-state index >= 15 is 0 Å². The molecule has 0 rings (SSSR count). The monoisotopic (exact) mass is 972 g/mol. The smallest absolute Gasteiger partial charge is 0.456 e. The van der Waals surface area contributed by atoms with Crippen LogP contribution in [0.3, 0.4) is 0 Å². The maximum atomic E-state index is 13.5. The lowest BCUT2D eigenvalue weighted by molar-refractivity contribution is -0.870. The number of amides is 1. The zero-order valence-corrected chi connectivity index (χ0v) is 45.5. The van der Waals surface area contributed by atoms with Gasteiger partial charge in [0.15, 0.2) is 0 Å². The summed E-state index contributed by atoms with van der Waals surface area (Å²) in [6.45, 7) is 6.81. The fraction of sp³-hybridized carbons (Fsp3) is 0.724. The molecule has 0 aromatic rings. The van der Waals surface area contributed by atoms with Crippen LogP contribution in [0, 0.1) is 0 Å². The summed E-state index contributed by atoms with van der Waals surface area (Å²) in [5.41, 5.74) is 0. The van der Waals surface area contributed by atoms with Crippen molar-refractivity contribution in [2.24, 2.45) is 0 Å². The van der Waals surface area contributed by atoms with Crippen molar-refractivity contribution >= 4 is 19.7 Å². The molecule has 0 bridgehead atoms. The van der Waals surface area contributed by atoms with Crippen LogP contribution in [0.4, 0.5) is 0 Å². The van der Waals surface area contributed by atoms with Gasteiger partial charge in [0.05, 0.1) is 33.8 Å². The number of quaternary nitrogens is 1. The first-order valence-corrected chi connectivity index (χ1v) is 29.0. The highest BCUT2D eigenvalue weighted by molar-refractivity contribution is 7.47. The SMILES string of the molecule is CC\C=C/C=C/C=C/C=C\C=C\C=C\CCCCCC(=O)NC(COP(=O)(O)OCC[N+](C)(C)C)C(/C=C/CCCCCCCCCCCC)OC(=O)CCCCCCCCCCCCCCC. The van der Waals surface area contributed by atoms with E-state index in [4.69, 9.17) is 13.8 Å². The van der Waals surface area contributed by atoms with Crippen molar-refractivity contribution < 1.29 is 37.3 Å². The van der Waals surface area contributed by atoms with Crippen LogP contribution in [0.15, 0.2) is 85.1 Å². The van der Waals surface area contributed by atoms with E-state index in [1.165, 1.54) is 116 Å². The Bertz CT molecular complexity index is 1440. The molecule has 1 amide bonds. The Morgan fingerprint density at radius 3 is 1.43 bits per heavy atom. The van der Waals surface area contributed by atoms with Crippen molar-refractivity contribution in [2.45, 2.75) is 232 Å². The Hall–Kier alpha value is -2.81. The number of carbonyl (C=O) groups is 2. The number of esters is 1. The molecule has 0 aromatic heterocycles. The average molecular weight is 972 g/mol. The van der Waals surface area contributed by atoms with Crippen LogP contribution in [-0.4, -0.2) is 74.3 Å². The molecule has 68 heavy (non-hydrogen) atoms. The van der Waals surface area contributed by atoms with Gasteiger partial charge in [-0.3, -0.25) is 18.6 Å². The molecule has 0 aliphatic rings. The van der Waals surface area contributed by atoms with E-state index in [1.807, 2.05) is 94.1 Å². The number of likely N-dealkylation sites (N-methyl/N-ethyl adjacent to an activating group) is 1. The Labute approximate surface area is 418 Å². The minimum Gasteiger partial charge on any atom is -0.456 e. The number of carbonyl (C=O) groups excluding carboxylic acids is 2. The molecule has 0 saturated heterocycles. The molecule has 0 saturated carbocycles. The molecule has 392 valence electrons. The maximum absolute atomic E-state index is 13.5. The topological polar surface area (TPSA) is 111 Å². The molecular formula is C58H104N2O7P+. The summed E-state index contributed by atoms with van der Waals surface area (Å²) < 4.78 is 30.5. The minimum absolute atomic E-state index is 0.0281. The third-order valence-corrected chi connectivity index (χ3v) is 12.7. The van der Waals surface area contributed by atoms with Crippen molar-refractivity contribution in [2.75, 3.05) is 40.9 Å². The lowest BCUT2D eigenvalue weighted by atomic mass is 10.0. The summed E-state index contributed by atoms with van der Waals surface area (Å²) >= 11 is 0. The van der Waals surface area contributed by atoms with E-state index in [-0.39, 0.29) is 37.9 Å². The zero-order valence-electron chi connectivity index (χ0n) is 44.6. The van der Waals surface area contributed by atoms with Gasteiger partial charge in [-0.2, -0.15) is 0 Å². The van der Waals surface area contributed by atoms with Gasteiger partial charge in [0.25, 0.3) is 0 Å². The molecule has 0 aromatic carbocycles. The van der Waals surface area contributed by atoms with Crippen LogP contribution in [0.5, 0.6) is 0 Å². The molecule has 10 heteroatoms. The molecule has 2 N–H and O–H groups in total. The first-order valence-electron chi connectivity index (χ1n) is 27.5. The molecule has 0 fully saturated rings. The predicted octanol–water partition coefficient (Wildman–Crippen LogP) is 16.3. The fourth-order valence-electron chi connectivity index (χ4n) is 7.50. The van der Waals surface area contributed by atoms with Crippen LogP contribution in [0.2, 0.25) is 0 Å². The number of hydrogen-bond acceptors (Lipinski definition) is 6. The average Bonchev–Trinajstić information content (AvgIpc) is 3.29. The van der Waals surface area contributed by atoms with Gasteiger partial charge in [-0.25, -0.2) is 4.57 Å². The molecule has 0 radical (unpaired) electrons. The van der Waals surface area contributed by atoms with Crippen molar-refractivity contribution in [3.63, 3.8) is 0 Å². The lowest BCUT2D eigenvalue weighted by Crippen LogP contribution is -2.47. The van der Waals surface area contributed by atoms with Crippen LogP contribution >= 0.6 is 7.82 Å². The standard InChI is InChI=1S/C58H103N2O7P/c1-7-10-13-16-19-22-25-28-29-30-31-33-35-38-41-44-47-50-57(61)59-55(54-66-68(63,64)65-53-52-60(4,5)6)56(49-46-43-40-37-34-27-24-21-18-15-12-9-3)67-58(62)51-48-45-42-39-36-32-26-23-20-17-14-11-8-2/h10,13,16,19,22,25,28-31,33,35,46,49,55-56H,7-9,11-12,14-15,17-18,20-21,23-24,26-27,32,34,36-45,47-48,50-54H2,1-6H3,(H-,59,61,63,64)/p+1/b13-10-,19-16+,25-22+,29-28-,31-30+,35-33+,49-46+. The highest BCUT2D eigenvalue weighted by Gasteiger charge is 2.30. The molecule has 3 atom stereocenters. The predicted molar refractivity (Wildman–Crippen MR) is 291 cm³/mol. The first-order chi connectivity index (χ1) is 32.9. The number of allylic oxidation sites excluding steroid dienone is 13. The van der Waals surface area contributed by atoms with Gasteiger partial charge in [0, 0.05) is 12.8 Å². The second-order valence-electron chi connectivity index (χ2n) is 19.5. The molecule has 0 aliphatic heterocycles. The fourth-order valence-corrected chi connectivity index (χ4v) is 8.24. The van der Waals surface area contributed by atoms with Crippen LogP contribution < -0.4 is 5.32 Å². The van der Waals surface area contributed by atoms with E-state index in [9.17, 15) is 19.0 Å². The second-order valence-corrected chi connectivity index (χ2v) is 21.0. The lowest BCUT2D eigenvalue weighted by Gasteiger charge is -2.27. The van der Waals surface area contributed by atoms with Crippen LogP contribution in [0.1, 0.15) is 220 Å². The summed E-state index contributed by atoms with van der Waals surface area (Å²) in [6.07, 6.45) is 61.4. The number of ether oxygens (including phenoxy) is 1. The number of phosphoric acid groups is 1. The van der Waals surface area contributed by atoms with E-state index in [1.54, 1.807) is 0 Å². The van der Waals surface area contributed by atoms with Crippen molar-refractivity contribution in [1.29, 1.82) is 0 Å². The van der Waals surface area contributed by atoms with E-state index < -0.39 is 20.0 Å². The van der Waals surface area contributed by atoms with Crippen molar-refractivity contribution in [3.8, 4) is 0 Å². The van der Waals surface area contributed by atoms with Gasteiger partial charge in [0.2, 0.25) is 5.91 Å². The summed E-state index contributed by atoms with van der Waals surface area (Å²) in [4.78, 5) is 37.5. The van der Waals surface area contributed by atoms with Crippen molar-refractivity contribution in [1.82, 2.24) is 5.32 Å². The highest BCUT2D eigenvalue weighted by Crippen LogP contribution is 2.43.